The summed E-state index contributed by atoms with van der Waals surface area (Å²) in [4.78, 5) is 14.5. The van der Waals surface area contributed by atoms with Gasteiger partial charge in [0.05, 0.1) is 6.54 Å². The summed E-state index contributed by atoms with van der Waals surface area (Å²) in [5, 5.41) is 9.03. The Morgan fingerprint density at radius 2 is 2.10 bits per heavy atom. The monoisotopic (exact) mass is 275 g/mol. The van der Waals surface area contributed by atoms with Crippen molar-refractivity contribution in [3.63, 3.8) is 0 Å². The van der Waals surface area contributed by atoms with Crippen LogP contribution >= 0.6 is 0 Å². The maximum absolute atomic E-state index is 12.3. The molecule has 1 aliphatic rings. The molecule has 0 amide bonds. The van der Waals surface area contributed by atoms with E-state index >= 15 is 0 Å². The molecule has 3 nitrogen and oxygen atoms in total. The average molecular weight is 275 g/mol. The molecule has 1 N–H and O–H groups in total. The molecule has 20 heavy (non-hydrogen) atoms. The second-order valence-corrected chi connectivity index (χ2v) is 5.73. The lowest BCUT2D eigenvalue weighted by molar-refractivity contribution is 0.0871. The number of carbonyl (C=O) groups is 1. The molecule has 1 aromatic rings. The number of piperidine rings is 1. The molecule has 1 atom stereocenters. The van der Waals surface area contributed by atoms with Crippen molar-refractivity contribution >= 4 is 5.78 Å². The molecule has 0 aromatic heterocycles. The molecule has 0 spiro atoms. The standard InChI is InChI=1S/C17H25NO2/c1-2-14-5-7-16(8-6-14)17(20)13-18-10-3-4-15(12-18)9-11-19/h5-8,15,19H,2-4,9-13H2,1H3. The molecule has 0 radical (unpaired) electrons. The van der Waals surface area contributed by atoms with Crippen LogP contribution in [0.15, 0.2) is 24.3 Å². The molecule has 2 rings (SSSR count). The van der Waals surface area contributed by atoms with Gasteiger partial charge in [-0.15, -0.1) is 0 Å². The van der Waals surface area contributed by atoms with Crippen LogP contribution in [0.5, 0.6) is 0 Å². The van der Waals surface area contributed by atoms with Gasteiger partial charge in [0.15, 0.2) is 5.78 Å². The molecule has 3 heteroatoms. The second kappa shape index (κ2) is 7.55. The van der Waals surface area contributed by atoms with E-state index in [1.165, 1.54) is 12.0 Å². The third kappa shape index (κ3) is 4.15. The number of likely N-dealkylation sites (tertiary alicyclic amines) is 1. The predicted octanol–water partition coefficient (Wildman–Crippen LogP) is 2.53. The molecule has 110 valence electrons. The van der Waals surface area contributed by atoms with Gasteiger partial charge in [-0.3, -0.25) is 9.69 Å². The SMILES string of the molecule is CCc1ccc(C(=O)CN2CCCC(CCO)C2)cc1. The topological polar surface area (TPSA) is 40.5 Å². The van der Waals surface area contributed by atoms with E-state index in [1.807, 2.05) is 24.3 Å². The Hall–Kier alpha value is -1.19. The minimum Gasteiger partial charge on any atom is -0.396 e. The van der Waals surface area contributed by atoms with Gasteiger partial charge in [0.25, 0.3) is 0 Å². The van der Waals surface area contributed by atoms with Crippen molar-refractivity contribution in [2.24, 2.45) is 5.92 Å². The number of Topliss-reactive ketones (excluding diaryl/α,β-unsaturated/α-hetero) is 1. The zero-order valence-electron chi connectivity index (χ0n) is 12.3. The van der Waals surface area contributed by atoms with Crippen molar-refractivity contribution in [1.82, 2.24) is 4.90 Å². The lowest BCUT2D eigenvalue weighted by Gasteiger charge is -2.31. The number of aliphatic hydroxyl groups excluding tert-OH is 1. The molecule has 1 unspecified atom stereocenters. The van der Waals surface area contributed by atoms with Gasteiger partial charge in [0.2, 0.25) is 0 Å². The van der Waals surface area contributed by atoms with Crippen LogP contribution < -0.4 is 0 Å². The largest absolute Gasteiger partial charge is 0.396 e. The van der Waals surface area contributed by atoms with Crippen LogP contribution in [0, 0.1) is 5.92 Å². The number of carbonyl (C=O) groups excluding carboxylic acids is 1. The lowest BCUT2D eigenvalue weighted by Crippen LogP contribution is -2.39. The van der Waals surface area contributed by atoms with Gasteiger partial charge >= 0.3 is 0 Å². The predicted molar refractivity (Wildman–Crippen MR) is 81.0 cm³/mol. The van der Waals surface area contributed by atoms with Crippen LogP contribution in [-0.4, -0.2) is 42.0 Å². The van der Waals surface area contributed by atoms with Crippen LogP contribution in [0.25, 0.3) is 0 Å². The van der Waals surface area contributed by atoms with Crippen LogP contribution in [0.4, 0.5) is 0 Å². The Bertz CT molecular complexity index is 425. The van der Waals surface area contributed by atoms with Gasteiger partial charge in [-0.2, -0.15) is 0 Å². The first-order valence-corrected chi connectivity index (χ1v) is 7.68. The van der Waals surface area contributed by atoms with E-state index < -0.39 is 0 Å². The second-order valence-electron chi connectivity index (χ2n) is 5.73. The Labute approximate surface area is 121 Å². The average Bonchev–Trinajstić information content (AvgIpc) is 2.48. The fourth-order valence-corrected chi connectivity index (χ4v) is 2.93. The summed E-state index contributed by atoms with van der Waals surface area (Å²) in [6.45, 7) is 4.82. The van der Waals surface area contributed by atoms with Gasteiger partial charge in [-0.25, -0.2) is 0 Å². The van der Waals surface area contributed by atoms with Gasteiger partial charge < -0.3 is 5.11 Å². The maximum Gasteiger partial charge on any atom is 0.176 e. The summed E-state index contributed by atoms with van der Waals surface area (Å²) < 4.78 is 0. The minimum absolute atomic E-state index is 0.206. The van der Waals surface area contributed by atoms with E-state index in [1.54, 1.807) is 0 Å². The van der Waals surface area contributed by atoms with Gasteiger partial charge in [0.1, 0.15) is 0 Å². The number of ketones is 1. The highest BCUT2D eigenvalue weighted by molar-refractivity contribution is 5.97. The van der Waals surface area contributed by atoms with Crippen LogP contribution in [0.3, 0.4) is 0 Å². The normalized spacial score (nSPS) is 20.0. The van der Waals surface area contributed by atoms with E-state index in [0.717, 1.165) is 37.9 Å². The molecule has 1 aromatic carbocycles. The molecular weight excluding hydrogens is 250 g/mol. The summed E-state index contributed by atoms with van der Waals surface area (Å²) in [6, 6.07) is 7.96. The van der Waals surface area contributed by atoms with Crippen molar-refractivity contribution in [2.75, 3.05) is 26.2 Å². The van der Waals surface area contributed by atoms with Gasteiger partial charge in [-0.05, 0) is 43.7 Å². The summed E-state index contributed by atoms with van der Waals surface area (Å²) in [5.41, 5.74) is 2.08. The first kappa shape index (κ1) is 15.2. The number of hydrogen-bond donors (Lipinski definition) is 1. The third-order valence-corrected chi connectivity index (χ3v) is 4.19. The van der Waals surface area contributed by atoms with E-state index in [0.29, 0.717) is 12.5 Å². The van der Waals surface area contributed by atoms with Gasteiger partial charge in [0, 0.05) is 18.7 Å². The van der Waals surface area contributed by atoms with Crippen molar-refractivity contribution in [3.05, 3.63) is 35.4 Å². The minimum atomic E-state index is 0.206. The highest BCUT2D eigenvalue weighted by Crippen LogP contribution is 2.19. The molecule has 1 fully saturated rings. The Kier molecular flexibility index (Phi) is 5.74. The Morgan fingerprint density at radius 1 is 1.35 bits per heavy atom. The quantitative estimate of drug-likeness (QED) is 0.811. The van der Waals surface area contributed by atoms with E-state index in [9.17, 15) is 4.79 Å². The highest BCUT2D eigenvalue weighted by Gasteiger charge is 2.21. The molecule has 0 bridgehead atoms. The van der Waals surface area contributed by atoms with E-state index in [-0.39, 0.29) is 12.4 Å². The third-order valence-electron chi connectivity index (χ3n) is 4.19. The molecule has 1 heterocycles. The number of nitrogens with zero attached hydrogens (tertiary/aromatic N) is 1. The lowest BCUT2D eigenvalue weighted by atomic mass is 9.94. The summed E-state index contributed by atoms with van der Waals surface area (Å²) in [7, 11) is 0. The van der Waals surface area contributed by atoms with Gasteiger partial charge in [-0.1, -0.05) is 31.2 Å². The zero-order valence-corrected chi connectivity index (χ0v) is 12.3. The molecule has 0 aliphatic carbocycles. The number of benzene rings is 1. The number of rotatable bonds is 6. The molecule has 1 saturated heterocycles. The first-order valence-electron chi connectivity index (χ1n) is 7.68. The zero-order chi connectivity index (χ0) is 14.4. The van der Waals surface area contributed by atoms with Crippen LogP contribution in [-0.2, 0) is 6.42 Å². The first-order chi connectivity index (χ1) is 9.72. The molecule has 0 saturated carbocycles. The smallest absolute Gasteiger partial charge is 0.176 e. The van der Waals surface area contributed by atoms with Crippen molar-refractivity contribution < 1.29 is 9.90 Å². The fraction of sp³-hybridized carbons (Fsp3) is 0.588. The molecular formula is C17H25NO2. The van der Waals surface area contributed by atoms with Crippen molar-refractivity contribution in [2.45, 2.75) is 32.6 Å². The number of hydrogen-bond acceptors (Lipinski definition) is 3. The van der Waals surface area contributed by atoms with Crippen molar-refractivity contribution in [1.29, 1.82) is 0 Å². The van der Waals surface area contributed by atoms with Crippen molar-refractivity contribution in [3.8, 4) is 0 Å². The number of aliphatic hydroxyl groups is 1. The number of aryl methyl sites for hydroxylation is 1. The maximum atomic E-state index is 12.3. The highest BCUT2D eigenvalue weighted by atomic mass is 16.3. The summed E-state index contributed by atoms with van der Waals surface area (Å²) in [5.74, 6) is 0.751. The fourth-order valence-electron chi connectivity index (χ4n) is 2.93. The summed E-state index contributed by atoms with van der Waals surface area (Å²) in [6.07, 6.45) is 4.17. The Morgan fingerprint density at radius 3 is 2.75 bits per heavy atom. The van der Waals surface area contributed by atoms with E-state index in [2.05, 4.69) is 11.8 Å². The molecule has 1 aliphatic heterocycles. The van der Waals surface area contributed by atoms with Crippen LogP contribution in [0.2, 0.25) is 0 Å². The summed E-state index contributed by atoms with van der Waals surface area (Å²) >= 11 is 0. The van der Waals surface area contributed by atoms with E-state index in [4.69, 9.17) is 5.11 Å². The van der Waals surface area contributed by atoms with Crippen LogP contribution in [0.1, 0.15) is 42.1 Å². The Balaban J connectivity index is 1.89.